The van der Waals surface area contributed by atoms with Gasteiger partial charge in [-0.05, 0) is 24.5 Å². The summed E-state index contributed by atoms with van der Waals surface area (Å²) in [5.41, 5.74) is 0.859. The number of hydrogen-bond acceptors (Lipinski definition) is 5. The van der Waals surface area contributed by atoms with Gasteiger partial charge in [-0.2, -0.15) is 0 Å². The Morgan fingerprint density at radius 1 is 1.07 bits per heavy atom. The topological polar surface area (TPSA) is 103 Å². The zero-order valence-electron chi connectivity index (χ0n) is 16.2. The Balaban J connectivity index is 1.68. The van der Waals surface area contributed by atoms with Crippen molar-refractivity contribution < 1.29 is 18.1 Å². The Labute approximate surface area is 173 Å². The van der Waals surface area contributed by atoms with Crippen LogP contribution in [-0.2, 0) is 26.9 Å². The number of hydrogen-bond donors (Lipinski definition) is 0. The van der Waals surface area contributed by atoms with Crippen molar-refractivity contribution in [2.75, 3.05) is 13.1 Å². The number of fused-ring (bicyclic) bond motifs is 1. The van der Waals surface area contributed by atoms with Crippen molar-refractivity contribution in [2.24, 2.45) is 0 Å². The molecule has 3 aromatic rings. The lowest BCUT2D eigenvalue weighted by Gasteiger charge is -2.15. The second-order valence-corrected chi connectivity index (χ2v) is 9.37. The van der Waals surface area contributed by atoms with Crippen LogP contribution in [0.5, 0.6) is 0 Å². The number of nitrogens with zero attached hydrogens (tertiary/aromatic N) is 3. The SMILES string of the molecule is O=C(Cn1cc(S(=O)(=O)Cc2cccc([N+](=O)[O-])c2)c2ccccc21)N1CCCC1. The van der Waals surface area contributed by atoms with Gasteiger partial charge in [-0.1, -0.05) is 30.3 Å². The van der Waals surface area contributed by atoms with Crippen LogP contribution in [0.4, 0.5) is 5.69 Å². The van der Waals surface area contributed by atoms with E-state index in [1.54, 1.807) is 39.8 Å². The first kappa shape index (κ1) is 20.1. The van der Waals surface area contributed by atoms with Gasteiger partial charge in [-0.3, -0.25) is 14.9 Å². The zero-order chi connectivity index (χ0) is 21.3. The summed E-state index contributed by atoms with van der Waals surface area (Å²) in [5, 5.41) is 11.5. The largest absolute Gasteiger partial charge is 0.341 e. The number of sulfone groups is 1. The maximum atomic E-state index is 13.2. The van der Waals surface area contributed by atoms with Gasteiger partial charge < -0.3 is 9.47 Å². The molecule has 1 aliphatic heterocycles. The second-order valence-electron chi connectivity index (χ2n) is 7.41. The molecule has 9 heteroatoms. The number of rotatable bonds is 6. The molecule has 2 heterocycles. The van der Waals surface area contributed by atoms with Crippen LogP contribution in [0.25, 0.3) is 10.9 Å². The van der Waals surface area contributed by atoms with Gasteiger partial charge in [0.1, 0.15) is 6.54 Å². The number of nitro groups is 1. The van der Waals surface area contributed by atoms with Gasteiger partial charge in [0.25, 0.3) is 5.69 Å². The quantitative estimate of drug-likeness (QED) is 0.444. The molecule has 1 saturated heterocycles. The lowest BCUT2D eigenvalue weighted by Crippen LogP contribution is -2.30. The highest BCUT2D eigenvalue weighted by atomic mass is 32.2. The van der Waals surface area contributed by atoms with E-state index >= 15 is 0 Å². The fourth-order valence-corrected chi connectivity index (χ4v) is 5.43. The van der Waals surface area contributed by atoms with Crippen molar-refractivity contribution in [3.8, 4) is 0 Å². The normalized spacial score (nSPS) is 14.3. The average Bonchev–Trinajstić information content (AvgIpc) is 3.37. The van der Waals surface area contributed by atoms with Gasteiger partial charge in [0, 0.05) is 42.3 Å². The summed E-state index contributed by atoms with van der Waals surface area (Å²) >= 11 is 0. The molecule has 2 aromatic carbocycles. The van der Waals surface area contributed by atoms with E-state index in [1.165, 1.54) is 24.4 Å². The smallest absolute Gasteiger partial charge is 0.269 e. The van der Waals surface area contributed by atoms with Crippen LogP contribution in [0.1, 0.15) is 18.4 Å². The zero-order valence-corrected chi connectivity index (χ0v) is 17.0. The molecule has 0 spiro atoms. The number of carbonyl (C=O) groups excluding carboxylic acids is 1. The van der Waals surface area contributed by atoms with E-state index in [0.29, 0.717) is 16.5 Å². The molecule has 0 atom stereocenters. The molecule has 0 bridgehead atoms. The first-order valence-electron chi connectivity index (χ1n) is 9.67. The fraction of sp³-hybridized carbons (Fsp3) is 0.286. The maximum absolute atomic E-state index is 13.2. The van der Waals surface area contributed by atoms with Crippen LogP contribution < -0.4 is 0 Å². The van der Waals surface area contributed by atoms with Gasteiger partial charge in [0.2, 0.25) is 5.91 Å². The van der Waals surface area contributed by atoms with Gasteiger partial charge in [-0.15, -0.1) is 0 Å². The monoisotopic (exact) mass is 427 g/mol. The summed E-state index contributed by atoms with van der Waals surface area (Å²) in [6.07, 6.45) is 3.48. The third-order valence-electron chi connectivity index (χ3n) is 5.33. The number of nitro benzene ring substituents is 1. The van der Waals surface area contributed by atoms with Crippen LogP contribution in [-0.4, -0.2) is 41.8 Å². The second kappa shape index (κ2) is 7.91. The van der Waals surface area contributed by atoms with Gasteiger partial charge in [0.15, 0.2) is 9.84 Å². The Morgan fingerprint density at radius 3 is 2.53 bits per heavy atom. The van der Waals surface area contributed by atoms with Gasteiger partial charge >= 0.3 is 0 Å². The minimum absolute atomic E-state index is 0.0316. The minimum atomic E-state index is -3.78. The van der Waals surface area contributed by atoms with Crippen LogP contribution in [0.15, 0.2) is 59.6 Å². The maximum Gasteiger partial charge on any atom is 0.269 e. The lowest BCUT2D eigenvalue weighted by molar-refractivity contribution is -0.384. The highest BCUT2D eigenvalue weighted by Gasteiger charge is 2.24. The Kier molecular flexibility index (Phi) is 5.29. The van der Waals surface area contributed by atoms with E-state index in [0.717, 1.165) is 25.9 Å². The predicted octanol–water partition coefficient (Wildman–Crippen LogP) is 3.15. The van der Waals surface area contributed by atoms with Crippen molar-refractivity contribution in [2.45, 2.75) is 30.0 Å². The summed E-state index contributed by atoms with van der Waals surface area (Å²) in [6.45, 7) is 1.54. The third-order valence-corrected chi connectivity index (χ3v) is 7.04. The molecule has 0 radical (unpaired) electrons. The minimum Gasteiger partial charge on any atom is -0.341 e. The molecule has 0 N–H and O–H groups in total. The summed E-state index contributed by atoms with van der Waals surface area (Å²) in [7, 11) is -3.78. The molecule has 4 rings (SSSR count). The number of non-ortho nitro benzene ring substituents is 1. The summed E-state index contributed by atoms with van der Waals surface area (Å²) < 4.78 is 28.0. The average molecular weight is 427 g/mol. The molecule has 0 aliphatic carbocycles. The van der Waals surface area contributed by atoms with E-state index in [9.17, 15) is 23.3 Å². The molecule has 30 heavy (non-hydrogen) atoms. The first-order chi connectivity index (χ1) is 14.3. The molecule has 156 valence electrons. The van der Waals surface area contributed by atoms with E-state index in [1.807, 2.05) is 0 Å². The number of benzene rings is 2. The van der Waals surface area contributed by atoms with Gasteiger partial charge in [0.05, 0.1) is 15.6 Å². The summed E-state index contributed by atoms with van der Waals surface area (Å²) in [5.74, 6) is -0.390. The molecule has 1 aliphatic rings. The fourth-order valence-electron chi connectivity index (χ4n) is 3.86. The molecular formula is C21H21N3O5S. The Hall–Kier alpha value is -3.20. The van der Waals surface area contributed by atoms with Crippen molar-refractivity contribution >= 4 is 32.3 Å². The van der Waals surface area contributed by atoms with Crippen LogP contribution in [0, 0.1) is 10.1 Å². The molecule has 8 nitrogen and oxygen atoms in total. The van der Waals surface area contributed by atoms with Crippen molar-refractivity contribution in [1.82, 2.24) is 9.47 Å². The van der Waals surface area contributed by atoms with E-state index in [-0.39, 0.29) is 28.8 Å². The standard InChI is InChI=1S/C21H21N3O5S/c25-21(22-10-3-4-11-22)14-23-13-20(18-8-1-2-9-19(18)23)30(28,29)15-16-6-5-7-17(12-16)24(26)27/h1-2,5-9,12-13H,3-4,10-11,14-15H2. The van der Waals surface area contributed by atoms with Crippen LogP contribution in [0.2, 0.25) is 0 Å². The number of para-hydroxylation sites is 1. The Morgan fingerprint density at radius 2 is 1.80 bits per heavy atom. The van der Waals surface area contributed by atoms with E-state index in [4.69, 9.17) is 0 Å². The van der Waals surface area contributed by atoms with Crippen LogP contribution >= 0.6 is 0 Å². The van der Waals surface area contributed by atoms with E-state index < -0.39 is 14.8 Å². The first-order valence-corrected chi connectivity index (χ1v) is 11.3. The number of likely N-dealkylation sites (tertiary alicyclic amines) is 1. The molecule has 1 fully saturated rings. The number of aromatic nitrogens is 1. The molecule has 0 unspecified atom stereocenters. The van der Waals surface area contributed by atoms with Crippen molar-refractivity contribution in [3.63, 3.8) is 0 Å². The van der Waals surface area contributed by atoms with E-state index in [2.05, 4.69) is 0 Å². The summed E-state index contributed by atoms with van der Waals surface area (Å²) in [4.78, 5) is 25.0. The molecule has 0 saturated carbocycles. The highest BCUT2D eigenvalue weighted by molar-refractivity contribution is 7.90. The van der Waals surface area contributed by atoms with Crippen molar-refractivity contribution in [1.29, 1.82) is 0 Å². The molecular weight excluding hydrogens is 406 g/mol. The third kappa shape index (κ3) is 3.93. The number of carbonyl (C=O) groups is 1. The predicted molar refractivity (Wildman–Crippen MR) is 112 cm³/mol. The van der Waals surface area contributed by atoms with Crippen LogP contribution in [0.3, 0.4) is 0 Å². The molecule has 1 aromatic heterocycles. The molecule has 1 amide bonds. The van der Waals surface area contributed by atoms with Gasteiger partial charge in [-0.25, -0.2) is 8.42 Å². The number of amides is 1. The Bertz CT molecular complexity index is 1230. The highest BCUT2D eigenvalue weighted by Crippen LogP contribution is 2.29. The van der Waals surface area contributed by atoms with Crippen molar-refractivity contribution in [3.05, 3.63) is 70.4 Å². The lowest BCUT2D eigenvalue weighted by atomic mass is 10.2. The summed E-state index contributed by atoms with van der Waals surface area (Å²) in [6, 6.07) is 12.7.